The molecule has 16 nitrogen and oxygen atoms in total. The summed E-state index contributed by atoms with van der Waals surface area (Å²) in [5.41, 5.74) is 16.3. The number of rotatable bonds is 12. The Morgan fingerprint density at radius 3 is 0.914 bits per heavy atom. The molecule has 0 bridgehead atoms. The number of thiophene rings is 4. The summed E-state index contributed by atoms with van der Waals surface area (Å²) in [6.45, 7) is 7.68. The Hall–Kier alpha value is -15.8. The molecule has 0 aliphatic carbocycles. The first-order chi connectivity index (χ1) is 63.1. The van der Waals surface area contributed by atoms with Crippen LogP contribution in [-0.4, -0.2) is 79.7 Å². The van der Waals surface area contributed by atoms with Gasteiger partial charge in [0.15, 0.2) is 46.6 Å². The zero-order valence-electron chi connectivity index (χ0n) is 69.4. The second-order valence-electron chi connectivity index (χ2n) is 30.4. The summed E-state index contributed by atoms with van der Waals surface area (Å²) in [6, 6.07) is 108. The second kappa shape index (κ2) is 35.1. The Morgan fingerprint density at radius 1 is 0.172 bits per heavy atom. The van der Waals surface area contributed by atoms with Gasteiger partial charge in [0.2, 0.25) is 0 Å². The maximum atomic E-state index is 4.96. The van der Waals surface area contributed by atoms with Gasteiger partial charge in [-0.25, -0.2) is 59.8 Å². The Bertz CT molecular complexity index is 8270. The van der Waals surface area contributed by atoms with E-state index in [0.29, 0.717) is 69.9 Å². The Kier molecular flexibility index (Phi) is 21.7. The standard InChI is InChI=1S/4C27H18N4S/c1-17-29-26(22-11-3-2-9-19(22)18-8-7-15-28-16-18)31-27(30-17)23-13-6-12-21-20-10-4-5-14-24(20)32-25(21)23;1-17-29-26(20-10-3-2-9-19(20)18-8-7-15-28-16-18)31-27(30-17)22-12-6-14-24-25(22)21-11-4-5-13-23(21)32-24;1-17-29-26(18-12-13-22-21-9-4-5-11-24(21)32-25(22)15-18)31-27(30-17)23-10-3-2-8-20(23)19-7-6-14-28-16-19;1-17-29-26(18-12-13-25-23(15-18)21-9-4-5-11-24(21)32-25)31-27(30-17)22-10-3-2-8-20(22)19-7-6-14-28-16-19/h4*2-16H,1H3. The van der Waals surface area contributed by atoms with Gasteiger partial charge >= 0.3 is 0 Å². The summed E-state index contributed by atoms with van der Waals surface area (Å²) in [5.74, 6) is 8.24. The van der Waals surface area contributed by atoms with Crippen LogP contribution in [0.3, 0.4) is 0 Å². The predicted octanol–water partition coefficient (Wildman–Crippen LogP) is 27.8. The molecule has 0 atom stereocenters. The first-order valence-electron chi connectivity index (χ1n) is 41.6. The van der Waals surface area contributed by atoms with Crippen molar-refractivity contribution in [1.82, 2.24) is 79.7 Å². The van der Waals surface area contributed by atoms with Crippen LogP contribution in [0.1, 0.15) is 23.3 Å². The molecule has 12 aromatic heterocycles. The van der Waals surface area contributed by atoms with Gasteiger partial charge in [-0.3, -0.25) is 19.9 Å². The van der Waals surface area contributed by atoms with Crippen molar-refractivity contribution in [3.63, 3.8) is 0 Å². The third kappa shape index (κ3) is 16.0. The van der Waals surface area contributed by atoms with Gasteiger partial charge in [0, 0.05) is 197 Å². The van der Waals surface area contributed by atoms with Gasteiger partial charge in [0.05, 0.1) is 0 Å². The Morgan fingerprint density at radius 2 is 0.461 bits per heavy atom. The van der Waals surface area contributed by atoms with Gasteiger partial charge in [0.25, 0.3) is 0 Å². The highest BCUT2D eigenvalue weighted by molar-refractivity contribution is 7.27. The van der Waals surface area contributed by atoms with Crippen molar-refractivity contribution < 1.29 is 0 Å². The van der Waals surface area contributed by atoms with Gasteiger partial charge in [-0.05, 0) is 135 Å². The lowest BCUT2D eigenvalue weighted by molar-refractivity contribution is 0.992. The highest BCUT2D eigenvalue weighted by Crippen LogP contribution is 2.45. The Balaban J connectivity index is 0.000000104. The van der Waals surface area contributed by atoms with E-state index in [1.807, 2.05) is 137 Å². The summed E-state index contributed by atoms with van der Waals surface area (Å²) < 4.78 is 10.0. The van der Waals surface area contributed by atoms with E-state index in [-0.39, 0.29) is 0 Å². The van der Waals surface area contributed by atoms with Gasteiger partial charge in [-0.2, -0.15) is 0 Å². The van der Waals surface area contributed by atoms with Crippen LogP contribution in [0.5, 0.6) is 0 Å². The quantitative estimate of drug-likeness (QED) is 0.111. The van der Waals surface area contributed by atoms with Crippen molar-refractivity contribution >= 4 is 126 Å². The van der Waals surface area contributed by atoms with Crippen LogP contribution in [0.4, 0.5) is 0 Å². The lowest BCUT2D eigenvalue weighted by atomic mass is 10.0. The van der Waals surface area contributed by atoms with E-state index >= 15 is 0 Å². The molecule has 20 heteroatoms. The average molecular weight is 1720 g/mol. The average Bonchev–Trinajstić information content (AvgIpc) is 1.60. The van der Waals surface area contributed by atoms with Gasteiger partial charge in [0.1, 0.15) is 23.3 Å². The molecule has 24 aromatic rings. The van der Waals surface area contributed by atoms with Crippen LogP contribution in [0.25, 0.3) is 216 Å². The lowest BCUT2D eigenvalue weighted by Gasteiger charge is -2.11. The molecule has 0 amide bonds. The molecular formula is C108H72N16S4. The molecule has 24 rings (SSSR count). The fourth-order valence-corrected chi connectivity index (χ4v) is 20.9. The predicted molar refractivity (Wildman–Crippen MR) is 526 cm³/mol. The number of pyridine rings is 4. The van der Waals surface area contributed by atoms with Crippen LogP contribution in [0.15, 0.2) is 365 Å². The zero-order valence-corrected chi connectivity index (χ0v) is 72.7. The fourth-order valence-electron chi connectivity index (χ4n) is 16.3. The highest BCUT2D eigenvalue weighted by atomic mass is 32.1. The second-order valence-corrected chi connectivity index (χ2v) is 34.7. The third-order valence-electron chi connectivity index (χ3n) is 22.1. The molecule has 0 spiro atoms. The summed E-state index contributed by atoms with van der Waals surface area (Å²) in [7, 11) is 0. The third-order valence-corrected chi connectivity index (χ3v) is 26.8. The van der Waals surface area contributed by atoms with Gasteiger partial charge in [-0.1, -0.05) is 231 Å². The van der Waals surface area contributed by atoms with E-state index < -0.39 is 0 Å². The SMILES string of the molecule is Cc1nc(-c2ccc3c(c2)sc2ccccc23)nc(-c2ccccc2-c2cccnc2)n1.Cc1nc(-c2ccc3sc4ccccc4c3c2)nc(-c2ccccc2-c2cccnc2)n1.Cc1nc(-c2ccccc2-c2cccnc2)nc(-c2cccc3c2sc2ccccc23)n1.Cc1nc(-c2ccccc2-c2cccnc2)nc(-c2cccc3sc4ccccc4c23)n1. The molecule has 608 valence electrons. The minimum atomic E-state index is 0.669. The zero-order chi connectivity index (χ0) is 86.0. The van der Waals surface area contributed by atoms with E-state index in [0.717, 1.165) is 89.0 Å². The molecule has 0 aliphatic heterocycles. The molecule has 0 N–H and O–H groups in total. The summed E-state index contributed by atoms with van der Waals surface area (Å²) in [4.78, 5) is 74.3. The molecule has 12 heterocycles. The summed E-state index contributed by atoms with van der Waals surface area (Å²) >= 11 is 7.18. The van der Waals surface area contributed by atoms with Crippen LogP contribution in [0, 0.1) is 27.7 Å². The Labute approximate surface area is 751 Å². The number of aromatic nitrogens is 16. The van der Waals surface area contributed by atoms with Crippen LogP contribution >= 0.6 is 45.3 Å². The van der Waals surface area contributed by atoms with Crippen molar-refractivity contribution in [2.75, 3.05) is 0 Å². The number of fused-ring (bicyclic) bond motifs is 12. The van der Waals surface area contributed by atoms with Crippen molar-refractivity contribution in [3.05, 3.63) is 388 Å². The first kappa shape index (κ1) is 79.3. The first-order valence-corrected chi connectivity index (χ1v) is 44.9. The summed E-state index contributed by atoms with van der Waals surface area (Å²) in [6.07, 6.45) is 14.6. The fraction of sp³-hybridized carbons (Fsp3) is 0.0370. The summed E-state index contributed by atoms with van der Waals surface area (Å²) in [5, 5.41) is 9.99. The van der Waals surface area contributed by atoms with E-state index in [2.05, 4.69) is 283 Å². The van der Waals surface area contributed by atoms with E-state index in [1.165, 1.54) is 80.7 Å². The number of nitrogens with zero attached hydrogens (tertiary/aromatic N) is 16. The molecule has 0 unspecified atom stereocenters. The maximum absolute atomic E-state index is 4.96. The minimum absolute atomic E-state index is 0.669. The molecule has 0 saturated heterocycles. The smallest absolute Gasteiger partial charge is 0.165 e. The van der Waals surface area contributed by atoms with E-state index in [4.69, 9.17) is 39.9 Å². The van der Waals surface area contributed by atoms with Crippen molar-refractivity contribution in [2.45, 2.75) is 27.7 Å². The monoisotopic (exact) mass is 1720 g/mol. The van der Waals surface area contributed by atoms with Gasteiger partial charge in [-0.15, -0.1) is 45.3 Å². The largest absolute Gasteiger partial charge is 0.264 e. The number of hydrogen-bond acceptors (Lipinski definition) is 20. The van der Waals surface area contributed by atoms with Gasteiger partial charge < -0.3 is 0 Å². The van der Waals surface area contributed by atoms with Crippen molar-refractivity contribution in [3.8, 4) is 136 Å². The molecule has 0 saturated carbocycles. The van der Waals surface area contributed by atoms with Crippen LogP contribution < -0.4 is 0 Å². The van der Waals surface area contributed by atoms with E-state index in [1.54, 1.807) is 58.8 Å². The van der Waals surface area contributed by atoms with Crippen LogP contribution in [0.2, 0.25) is 0 Å². The number of hydrogen-bond donors (Lipinski definition) is 0. The lowest BCUT2D eigenvalue weighted by Crippen LogP contribution is -2.00. The van der Waals surface area contributed by atoms with Crippen molar-refractivity contribution in [1.29, 1.82) is 0 Å². The van der Waals surface area contributed by atoms with E-state index in [9.17, 15) is 0 Å². The molecule has 0 radical (unpaired) electrons. The topological polar surface area (TPSA) is 206 Å². The van der Waals surface area contributed by atoms with Crippen LogP contribution in [-0.2, 0) is 0 Å². The molecule has 0 fully saturated rings. The molecule has 128 heavy (non-hydrogen) atoms. The number of benzene rings is 12. The number of aryl methyl sites for hydroxylation is 4. The molecule has 12 aromatic carbocycles. The highest BCUT2D eigenvalue weighted by Gasteiger charge is 2.23. The normalized spacial score (nSPS) is 11.3. The molecule has 0 aliphatic rings. The maximum Gasteiger partial charge on any atom is 0.165 e. The molecular weight excluding hydrogens is 1650 g/mol. The van der Waals surface area contributed by atoms with Crippen molar-refractivity contribution in [2.24, 2.45) is 0 Å². The minimum Gasteiger partial charge on any atom is -0.264 e.